The number of nitrogens with one attached hydrogen (secondary N) is 1. The third-order valence-electron chi connectivity index (χ3n) is 4.57. The molecule has 1 saturated carbocycles. The molecule has 2 heterocycles. The number of anilines is 1. The van der Waals surface area contributed by atoms with E-state index in [9.17, 15) is 9.59 Å². The molecule has 2 aliphatic carbocycles. The molecule has 0 unspecified atom stereocenters. The van der Waals surface area contributed by atoms with E-state index < -0.39 is 6.04 Å². The molecule has 4 rings (SSSR count). The van der Waals surface area contributed by atoms with Crippen molar-refractivity contribution in [3.8, 4) is 0 Å². The number of Topliss-reactive ketones (excluding diaryl/α,β-unsaturated/α-hetero) is 1. The number of ketones is 1. The van der Waals surface area contributed by atoms with Crippen LogP contribution >= 0.6 is 11.3 Å². The van der Waals surface area contributed by atoms with Crippen LogP contribution in [0.15, 0.2) is 12.7 Å². The van der Waals surface area contributed by atoms with Crippen molar-refractivity contribution in [3.05, 3.63) is 28.7 Å². The summed E-state index contributed by atoms with van der Waals surface area (Å²) >= 11 is 1.57. The maximum atomic E-state index is 12.7. The molecular formula is C16H18N4O2S. The molecular weight excluding hydrogens is 312 g/mol. The van der Waals surface area contributed by atoms with Gasteiger partial charge in [-0.1, -0.05) is 0 Å². The van der Waals surface area contributed by atoms with Crippen molar-refractivity contribution in [2.45, 2.75) is 45.1 Å². The van der Waals surface area contributed by atoms with Crippen LogP contribution in [-0.2, 0) is 17.6 Å². The lowest BCUT2D eigenvalue weighted by Gasteiger charge is -2.12. The average Bonchev–Trinajstić information content (AvgIpc) is 2.95. The minimum absolute atomic E-state index is 0.165. The molecule has 1 fully saturated rings. The van der Waals surface area contributed by atoms with Crippen LogP contribution in [-0.4, -0.2) is 26.5 Å². The zero-order valence-electron chi connectivity index (χ0n) is 12.9. The third-order valence-corrected chi connectivity index (χ3v) is 5.77. The number of nitrogens with zero attached hydrogens (tertiary/aromatic N) is 3. The van der Waals surface area contributed by atoms with Gasteiger partial charge in [0.25, 0.3) is 0 Å². The summed E-state index contributed by atoms with van der Waals surface area (Å²) in [4.78, 5) is 30.3. The number of thiophene rings is 1. The normalized spacial score (nSPS) is 17.8. The Bertz CT molecular complexity index is 761. The third kappa shape index (κ3) is 2.59. The molecule has 0 spiro atoms. The standard InChI is InChI=1S/C16H18N4O2S/c1-9(20-8-17-7-18-20)15(22)19-16-13(14(21)10-5-6-10)11-3-2-4-12(11)23-16/h7-10H,2-6H2,1H3,(H,19,22)/t9-/m1/s1. The van der Waals surface area contributed by atoms with E-state index in [1.807, 2.05) is 0 Å². The van der Waals surface area contributed by atoms with Crippen LogP contribution in [0.2, 0.25) is 0 Å². The van der Waals surface area contributed by atoms with Gasteiger partial charge in [0.05, 0.1) is 5.56 Å². The molecule has 2 aromatic heterocycles. The van der Waals surface area contributed by atoms with Crippen LogP contribution in [0.4, 0.5) is 5.00 Å². The van der Waals surface area contributed by atoms with E-state index in [0.717, 1.165) is 42.7 Å². The summed E-state index contributed by atoms with van der Waals surface area (Å²) in [6.07, 6.45) is 7.96. The van der Waals surface area contributed by atoms with Gasteiger partial charge in [-0.15, -0.1) is 11.3 Å². The maximum Gasteiger partial charge on any atom is 0.249 e. The van der Waals surface area contributed by atoms with Gasteiger partial charge in [-0.3, -0.25) is 9.59 Å². The molecule has 1 amide bonds. The Balaban J connectivity index is 1.61. The Morgan fingerprint density at radius 3 is 2.91 bits per heavy atom. The summed E-state index contributed by atoms with van der Waals surface area (Å²) < 4.78 is 1.51. The first kappa shape index (κ1) is 14.6. The molecule has 0 bridgehead atoms. The second-order valence-corrected chi connectivity index (χ2v) is 7.35. The van der Waals surface area contributed by atoms with Crippen molar-refractivity contribution in [3.63, 3.8) is 0 Å². The van der Waals surface area contributed by atoms with Crippen molar-refractivity contribution in [2.75, 3.05) is 5.32 Å². The topological polar surface area (TPSA) is 76.9 Å². The van der Waals surface area contributed by atoms with Gasteiger partial charge in [0, 0.05) is 10.8 Å². The quantitative estimate of drug-likeness (QED) is 0.855. The van der Waals surface area contributed by atoms with E-state index in [2.05, 4.69) is 15.4 Å². The number of amides is 1. The largest absolute Gasteiger partial charge is 0.315 e. The van der Waals surface area contributed by atoms with Crippen molar-refractivity contribution in [2.24, 2.45) is 5.92 Å². The smallest absolute Gasteiger partial charge is 0.249 e. The van der Waals surface area contributed by atoms with E-state index in [0.29, 0.717) is 0 Å². The first-order valence-electron chi connectivity index (χ1n) is 7.99. The number of hydrogen-bond donors (Lipinski definition) is 1. The van der Waals surface area contributed by atoms with Gasteiger partial charge < -0.3 is 5.32 Å². The summed E-state index contributed by atoms with van der Waals surface area (Å²) in [5.74, 6) is 0.214. The van der Waals surface area contributed by atoms with Gasteiger partial charge in [-0.2, -0.15) is 5.10 Å². The number of fused-ring (bicyclic) bond motifs is 1. The predicted molar refractivity (Wildman–Crippen MR) is 86.8 cm³/mol. The number of rotatable bonds is 5. The highest BCUT2D eigenvalue weighted by atomic mass is 32.1. The number of aromatic nitrogens is 3. The zero-order valence-corrected chi connectivity index (χ0v) is 13.7. The molecule has 0 saturated heterocycles. The van der Waals surface area contributed by atoms with Crippen LogP contribution in [0, 0.1) is 5.92 Å². The number of aryl methyl sites for hydroxylation is 1. The van der Waals surface area contributed by atoms with E-state index in [4.69, 9.17) is 0 Å². The molecule has 1 N–H and O–H groups in total. The van der Waals surface area contributed by atoms with Crippen molar-refractivity contribution in [1.29, 1.82) is 0 Å². The molecule has 23 heavy (non-hydrogen) atoms. The van der Waals surface area contributed by atoms with Crippen LogP contribution in [0.25, 0.3) is 0 Å². The summed E-state index contributed by atoms with van der Waals surface area (Å²) in [5, 5.41) is 7.69. The number of hydrogen-bond acceptors (Lipinski definition) is 5. The van der Waals surface area contributed by atoms with Crippen molar-refractivity contribution >= 4 is 28.0 Å². The zero-order chi connectivity index (χ0) is 16.0. The van der Waals surface area contributed by atoms with Crippen LogP contribution < -0.4 is 5.32 Å². The highest BCUT2D eigenvalue weighted by Gasteiger charge is 2.36. The second kappa shape index (κ2) is 5.56. The number of carbonyl (C=O) groups is 2. The predicted octanol–water partition coefficient (Wildman–Crippen LogP) is 2.62. The Hall–Kier alpha value is -2.02. The van der Waals surface area contributed by atoms with Crippen LogP contribution in [0.5, 0.6) is 0 Å². The average molecular weight is 330 g/mol. The SMILES string of the molecule is C[C@H](C(=O)Nc1sc2c(c1C(=O)C1CC1)CCC2)n1cncn1. The fraction of sp³-hybridized carbons (Fsp3) is 0.500. The lowest BCUT2D eigenvalue weighted by Crippen LogP contribution is -2.24. The van der Waals surface area contributed by atoms with Crippen LogP contribution in [0.1, 0.15) is 53.0 Å². The fourth-order valence-corrected chi connectivity index (χ4v) is 4.35. The minimum Gasteiger partial charge on any atom is -0.315 e. The van der Waals surface area contributed by atoms with Crippen molar-refractivity contribution in [1.82, 2.24) is 14.8 Å². The van der Waals surface area contributed by atoms with Crippen molar-refractivity contribution < 1.29 is 9.59 Å². The molecule has 1 atom stereocenters. The monoisotopic (exact) mass is 330 g/mol. The maximum absolute atomic E-state index is 12.7. The Morgan fingerprint density at radius 1 is 1.39 bits per heavy atom. The summed E-state index contributed by atoms with van der Waals surface area (Å²) in [5.41, 5.74) is 1.96. The molecule has 120 valence electrons. The lowest BCUT2D eigenvalue weighted by molar-refractivity contribution is -0.119. The summed E-state index contributed by atoms with van der Waals surface area (Å²) in [6.45, 7) is 1.77. The lowest BCUT2D eigenvalue weighted by atomic mass is 10.0. The molecule has 0 aromatic carbocycles. The summed E-state index contributed by atoms with van der Waals surface area (Å²) in [6, 6.07) is -0.460. The highest BCUT2D eigenvalue weighted by Crippen LogP contribution is 2.43. The number of carbonyl (C=O) groups excluding carboxylic acids is 2. The molecule has 7 heteroatoms. The van der Waals surface area contributed by atoms with Gasteiger partial charge in [0.2, 0.25) is 5.91 Å². The fourth-order valence-electron chi connectivity index (χ4n) is 3.06. The van der Waals surface area contributed by atoms with E-state index in [-0.39, 0.29) is 17.6 Å². The van der Waals surface area contributed by atoms with Gasteiger partial charge in [-0.05, 0) is 44.6 Å². The Morgan fingerprint density at radius 2 is 2.22 bits per heavy atom. The van der Waals surface area contributed by atoms with Crippen LogP contribution in [0.3, 0.4) is 0 Å². The van der Waals surface area contributed by atoms with Gasteiger partial charge in [0.1, 0.15) is 23.7 Å². The van der Waals surface area contributed by atoms with E-state index in [1.54, 1.807) is 18.3 Å². The van der Waals surface area contributed by atoms with Gasteiger partial charge in [-0.25, -0.2) is 9.67 Å². The Labute approximate surface area is 137 Å². The Kier molecular flexibility index (Phi) is 3.52. The van der Waals surface area contributed by atoms with Gasteiger partial charge >= 0.3 is 0 Å². The van der Waals surface area contributed by atoms with E-state index in [1.165, 1.54) is 27.8 Å². The first-order chi connectivity index (χ1) is 11.1. The minimum atomic E-state index is -0.460. The van der Waals surface area contributed by atoms with E-state index >= 15 is 0 Å². The molecule has 2 aliphatic rings. The molecule has 0 radical (unpaired) electrons. The first-order valence-corrected chi connectivity index (χ1v) is 8.80. The highest BCUT2D eigenvalue weighted by molar-refractivity contribution is 7.17. The second-order valence-electron chi connectivity index (χ2n) is 6.24. The molecule has 0 aliphatic heterocycles. The van der Waals surface area contributed by atoms with Gasteiger partial charge in [0.15, 0.2) is 5.78 Å². The summed E-state index contributed by atoms with van der Waals surface area (Å²) in [7, 11) is 0. The molecule has 6 nitrogen and oxygen atoms in total. The molecule has 2 aromatic rings.